The molecule has 2 bridgehead atoms. The first-order chi connectivity index (χ1) is 9.13. The SMILES string of the molecule is CC(NC(=O)C[C@@H]1CCC[C@H]1N)C1CC2CCC1C2. The largest absolute Gasteiger partial charge is 0.353 e. The molecule has 0 spiro atoms. The zero-order chi connectivity index (χ0) is 13.4. The fourth-order valence-corrected chi connectivity index (χ4v) is 4.88. The fourth-order valence-electron chi connectivity index (χ4n) is 4.88. The number of carbonyl (C=O) groups is 1. The van der Waals surface area contributed by atoms with Crippen molar-refractivity contribution in [3.8, 4) is 0 Å². The van der Waals surface area contributed by atoms with Crippen LogP contribution < -0.4 is 11.1 Å². The van der Waals surface area contributed by atoms with Crippen LogP contribution in [0.25, 0.3) is 0 Å². The molecule has 19 heavy (non-hydrogen) atoms. The quantitative estimate of drug-likeness (QED) is 0.819. The second kappa shape index (κ2) is 5.43. The van der Waals surface area contributed by atoms with E-state index in [1.165, 1.54) is 32.1 Å². The molecule has 0 aromatic carbocycles. The second-order valence-electron chi connectivity index (χ2n) is 7.25. The second-order valence-corrected chi connectivity index (χ2v) is 7.25. The number of hydrogen-bond acceptors (Lipinski definition) is 2. The maximum Gasteiger partial charge on any atom is 0.220 e. The Morgan fingerprint density at radius 3 is 2.68 bits per heavy atom. The number of rotatable bonds is 4. The number of nitrogens with one attached hydrogen (secondary N) is 1. The zero-order valence-electron chi connectivity index (χ0n) is 12.1. The zero-order valence-corrected chi connectivity index (χ0v) is 12.1. The van der Waals surface area contributed by atoms with Crippen molar-refractivity contribution in [2.45, 2.75) is 70.4 Å². The van der Waals surface area contributed by atoms with Gasteiger partial charge < -0.3 is 11.1 Å². The summed E-state index contributed by atoms with van der Waals surface area (Å²) in [6, 6.07) is 0.615. The molecule has 1 amide bonds. The lowest BCUT2D eigenvalue weighted by molar-refractivity contribution is -0.123. The van der Waals surface area contributed by atoms with Crippen LogP contribution in [0.3, 0.4) is 0 Å². The topological polar surface area (TPSA) is 55.1 Å². The van der Waals surface area contributed by atoms with E-state index >= 15 is 0 Å². The van der Waals surface area contributed by atoms with Crippen LogP contribution in [0.1, 0.15) is 58.3 Å². The number of nitrogens with two attached hydrogens (primary N) is 1. The maximum atomic E-state index is 12.2. The van der Waals surface area contributed by atoms with Crippen LogP contribution in [-0.2, 0) is 4.79 Å². The van der Waals surface area contributed by atoms with Crippen LogP contribution in [0.15, 0.2) is 0 Å². The molecule has 3 heteroatoms. The minimum atomic E-state index is 0.234. The number of carbonyl (C=O) groups excluding carboxylic acids is 1. The van der Waals surface area contributed by atoms with Crippen molar-refractivity contribution in [2.75, 3.05) is 0 Å². The minimum absolute atomic E-state index is 0.234. The van der Waals surface area contributed by atoms with E-state index in [2.05, 4.69) is 12.2 Å². The summed E-state index contributed by atoms with van der Waals surface area (Å²) < 4.78 is 0. The van der Waals surface area contributed by atoms with Gasteiger partial charge in [-0.15, -0.1) is 0 Å². The highest BCUT2D eigenvalue weighted by molar-refractivity contribution is 5.76. The molecule has 108 valence electrons. The summed E-state index contributed by atoms with van der Waals surface area (Å²) in [4.78, 5) is 12.2. The highest BCUT2D eigenvalue weighted by Crippen LogP contribution is 2.49. The van der Waals surface area contributed by atoms with Crippen molar-refractivity contribution >= 4 is 5.91 Å². The van der Waals surface area contributed by atoms with E-state index in [-0.39, 0.29) is 11.9 Å². The van der Waals surface area contributed by atoms with Gasteiger partial charge >= 0.3 is 0 Å². The summed E-state index contributed by atoms with van der Waals surface area (Å²) in [5.74, 6) is 3.23. The lowest BCUT2D eigenvalue weighted by atomic mass is 9.84. The predicted molar refractivity (Wildman–Crippen MR) is 76.5 cm³/mol. The standard InChI is InChI=1S/C16H28N2O/c1-10(14-8-11-5-6-12(14)7-11)18-16(19)9-13-3-2-4-15(13)17/h10-15H,2-9,17H2,1H3,(H,18,19)/t10?,11?,12?,13-,14?,15+/m0/s1. The normalized spacial score (nSPS) is 42.5. The summed E-state index contributed by atoms with van der Waals surface area (Å²) >= 11 is 0. The Labute approximate surface area is 116 Å². The van der Waals surface area contributed by atoms with Gasteiger partial charge in [0.1, 0.15) is 0 Å². The molecule has 4 unspecified atom stereocenters. The van der Waals surface area contributed by atoms with E-state index in [1.807, 2.05) is 0 Å². The highest BCUT2D eigenvalue weighted by atomic mass is 16.1. The molecular formula is C16H28N2O. The van der Waals surface area contributed by atoms with E-state index < -0.39 is 0 Å². The Balaban J connectivity index is 1.46. The Kier molecular flexibility index (Phi) is 3.84. The number of hydrogen-bond donors (Lipinski definition) is 2. The lowest BCUT2D eigenvalue weighted by Gasteiger charge is -2.29. The molecule has 3 aliphatic rings. The van der Waals surface area contributed by atoms with E-state index in [0.29, 0.717) is 18.4 Å². The van der Waals surface area contributed by atoms with Gasteiger partial charge in [0.2, 0.25) is 5.91 Å². The smallest absolute Gasteiger partial charge is 0.220 e. The molecule has 3 rings (SSSR count). The lowest BCUT2D eigenvalue weighted by Crippen LogP contribution is -2.41. The van der Waals surface area contributed by atoms with Gasteiger partial charge in [0, 0.05) is 18.5 Å². The van der Waals surface area contributed by atoms with Gasteiger partial charge in [0.15, 0.2) is 0 Å². The average Bonchev–Trinajstić information content (AvgIpc) is 3.06. The third kappa shape index (κ3) is 2.81. The monoisotopic (exact) mass is 264 g/mol. The molecule has 0 aliphatic heterocycles. The van der Waals surface area contributed by atoms with Crippen molar-refractivity contribution in [2.24, 2.45) is 29.4 Å². The van der Waals surface area contributed by atoms with Crippen molar-refractivity contribution < 1.29 is 4.79 Å². The van der Waals surface area contributed by atoms with E-state index in [4.69, 9.17) is 5.73 Å². The molecule has 3 N–H and O–H groups in total. The highest BCUT2D eigenvalue weighted by Gasteiger charge is 2.42. The van der Waals surface area contributed by atoms with Gasteiger partial charge in [-0.3, -0.25) is 4.79 Å². The molecule has 0 radical (unpaired) electrons. The summed E-state index contributed by atoms with van der Waals surface area (Å²) in [5, 5.41) is 3.26. The molecule has 3 saturated carbocycles. The van der Waals surface area contributed by atoms with Crippen LogP contribution in [-0.4, -0.2) is 18.0 Å². The van der Waals surface area contributed by atoms with Gasteiger partial charge in [-0.25, -0.2) is 0 Å². The third-order valence-electron chi connectivity index (χ3n) is 5.99. The van der Waals surface area contributed by atoms with Gasteiger partial charge in [-0.2, -0.15) is 0 Å². The molecule has 0 aromatic heterocycles. The first kappa shape index (κ1) is 13.4. The van der Waals surface area contributed by atoms with Crippen molar-refractivity contribution in [1.82, 2.24) is 5.32 Å². The van der Waals surface area contributed by atoms with Crippen LogP contribution in [0.4, 0.5) is 0 Å². The summed E-state index contributed by atoms with van der Waals surface area (Å²) in [6.07, 6.45) is 9.65. The molecule has 3 aliphatic carbocycles. The summed E-state index contributed by atoms with van der Waals surface area (Å²) in [7, 11) is 0. The maximum absolute atomic E-state index is 12.2. The molecule has 0 aromatic rings. The van der Waals surface area contributed by atoms with Crippen molar-refractivity contribution in [3.05, 3.63) is 0 Å². The first-order valence-corrected chi connectivity index (χ1v) is 8.18. The van der Waals surface area contributed by atoms with Crippen LogP contribution in [0, 0.1) is 23.7 Å². The Bertz CT molecular complexity index is 344. The van der Waals surface area contributed by atoms with Crippen LogP contribution >= 0.6 is 0 Å². The van der Waals surface area contributed by atoms with Gasteiger partial charge in [0.25, 0.3) is 0 Å². The van der Waals surface area contributed by atoms with E-state index in [9.17, 15) is 4.79 Å². The number of amides is 1. The van der Waals surface area contributed by atoms with Gasteiger partial charge in [-0.1, -0.05) is 12.8 Å². The van der Waals surface area contributed by atoms with Crippen molar-refractivity contribution in [3.63, 3.8) is 0 Å². The van der Waals surface area contributed by atoms with Crippen LogP contribution in [0.2, 0.25) is 0 Å². The molecular weight excluding hydrogens is 236 g/mol. The van der Waals surface area contributed by atoms with E-state index in [1.54, 1.807) is 0 Å². The Morgan fingerprint density at radius 1 is 1.26 bits per heavy atom. The third-order valence-corrected chi connectivity index (χ3v) is 5.99. The average molecular weight is 264 g/mol. The summed E-state index contributed by atoms with van der Waals surface area (Å²) in [6.45, 7) is 2.21. The Morgan fingerprint density at radius 2 is 2.11 bits per heavy atom. The van der Waals surface area contributed by atoms with Gasteiger partial charge in [-0.05, 0) is 62.7 Å². The molecule has 3 nitrogen and oxygen atoms in total. The molecule has 0 heterocycles. The van der Waals surface area contributed by atoms with Crippen LogP contribution in [0.5, 0.6) is 0 Å². The first-order valence-electron chi connectivity index (χ1n) is 8.18. The van der Waals surface area contributed by atoms with E-state index in [0.717, 1.165) is 30.6 Å². The molecule has 3 fully saturated rings. The molecule has 0 saturated heterocycles. The minimum Gasteiger partial charge on any atom is -0.353 e. The molecule has 6 atom stereocenters. The van der Waals surface area contributed by atoms with Crippen molar-refractivity contribution in [1.29, 1.82) is 0 Å². The Hall–Kier alpha value is -0.570. The predicted octanol–water partition coefficient (Wildman–Crippen LogP) is 2.44. The van der Waals surface area contributed by atoms with Gasteiger partial charge in [0.05, 0.1) is 0 Å². The summed E-state index contributed by atoms with van der Waals surface area (Å²) in [5.41, 5.74) is 6.05. The number of fused-ring (bicyclic) bond motifs is 2. The fraction of sp³-hybridized carbons (Fsp3) is 0.938.